The number of hydrogen-bond donors (Lipinski definition) is 1. The number of fused-ring (bicyclic) bond motifs is 1. The monoisotopic (exact) mass is 611 g/mol. The van der Waals surface area contributed by atoms with Crippen LogP contribution in [0.5, 0.6) is 0 Å². The highest BCUT2D eigenvalue weighted by Crippen LogP contribution is 2.48. The predicted octanol–water partition coefficient (Wildman–Crippen LogP) is 11.7. The van der Waals surface area contributed by atoms with Crippen LogP contribution in [0.25, 0.3) is 44.5 Å². The molecule has 0 saturated heterocycles. The van der Waals surface area contributed by atoms with E-state index in [2.05, 4.69) is 162 Å². The van der Waals surface area contributed by atoms with Crippen molar-refractivity contribution in [3.63, 3.8) is 0 Å². The van der Waals surface area contributed by atoms with Crippen molar-refractivity contribution in [2.75, 3.05) is 10.2 Å². The van der Waals surface area contributed by atoms with E-state index in [1.807, 2.05) is 12.1 Å². The van der Waals surface area contributed by atoms with Gasteiger partial charge in [0.15, 0.2) is 5.82 Å². The van der Waals surface area contributed by atoms with Gasteiger partial charge in [0.2, 0.25) is 0 Å². The van der Waals surface area contributed by atoms with Crippen molar-refractivity contribution in [3.05, 3.63) is 181 Å². The molecule has 1 N–H and O–H groups in total. The fourth-order valence-corrected chi connectivity index (χ4v) is 6.48. The molecule has 0 fully saturated rings. The van der Waals surface area contributed by atoms with Crippen LogP contribution in [0.15, 0.2) is 170 Å². The zero-order valence-electron chi connectivity index (χ0n) is 25.0. The molecule has 0 amide bonds. The van der Waals surface area contributed by atoms with E-state index in [9.17, 15) is 0 Å². The first kappa shape index (κ1) is 27.9. The predicted molar refractivity (Wildman–Crippen MR) is 192 cm³/mol. The van der Waals surface area contributed by atoms with E-state index in [-0.39, 0.29) is 6.17 Å². The molecule has 0 spiro atoms. The number of aromatic nitrogens is 1. The lowest BCUT2D eigenvalue weighted by molar-refractivity contribution is 0.821. The Bertz CT molecular complexity index is 2070. The zero-order chi connectivity index (χ0) is 30.9. The Kier molecular flexibility index (Phi) is 7.30. The molecule has 46 heavy (non-hydrogen) atoms. The molecule has 4 heteroatoms. The van der Waals surface area contributed by atoms with Crippen LogP contribution in [0.3, 0.4) is 0 Å². The highest BCUT2D eigenvalue weighted by molar-refractivity contribution is 6.34. The third kappa shape index (κ3) is 5.32. The van der Waals surface area contributed by atoms with Crippen molar-refractivity contribution in [1.29, 1.82) is 0 Å². The molecule has 0 bridgehead atoms. The average molecular weight is 612 g/mol. The van der Waals surface area contributed by atoms with Gasteiger partial charge in [-0.15, -0.1) is 0 Å². The number of hydrogen-bond acceptors (Lipinski definition) is 3. The van der Waals surface area contributed by atoms with Gasteiger partial charge in [0, 0.05) is 11.9 Å². The maximum absolute atomic E-state index is 6.73. The van der Waals surface area contributed by atoms with Gasteiger partial charge in [0.1, 0.15) is 6.17 Å². The van der Waals surface area contributed by atoms with Crippen LogP contribution in [0.2, 0.25) is 5.02 Å². The van der Waals surface area contributed by atoms with Crippen molar-refractivity contribution in [2.24, 2.45) is 0 Å². The van der Waals surface area contributed by atoms with E-state index in [1.54, 1.807) is 6.20 Å². The molecule has 1 aliphatic rings. The summed E-state index contributed by atoms with van der Waals surface area (Å²) in [6.45, 7) is 0. The largest absolute Gasteiger partial charge is 0.357 e. The Morgan fingerprint density at radius 3 is 1.57 bits per heavy atom. The standard InChI is InChI=1S/C42H30ClN3/c43-39-23-24-44-42-40(39)45-41(33-21-19-32(20-22-33)29-11-4-1-5-12-29)46(42)38-18-10-17-34(28-38)37-26-35(30-13-6-2-7-14-30)25-36(27-37)31-15-8-3-9-16-31/h1-28,41,45H. The second-order valence-electron chi connectivity index (χ2n) is 11.5. The average Bonchev–Trinajstić information content (AvgIpc) is 3.54. The van der Waals surface area contributed by atoms with Crippen LogP contribution in [0, 0.1) is 0 Å². The smallest absolute Gasteiger partial charge is 0.160 e. The van der Waals surface area contributed by atoms with E-state index in [0.717, 1.165) is 33.9 Å². The minimum atomic E-state index is -0.182. The topological polar surface area (TPSA) is 28.2 Å². The van der Waals surface area contributed by atoms with Gasteiger partial charge < -0.3 is 5.32 Å². The van der Waals surface area contributed by atoms with Gasteiger partial charge in [-0.05, 0) is 86.5 Å². The normalized spacial score (nSPS) is 13.7. The SMILES string of the molecule is Clc1ccnc2c1NC(c1ccc(-c3ccccc3)cc1)N2c1cccc(-c2cc(-c3ccccc3)cc(-c3ccccc3)c2)c1. The van der Waals surface area contributed by atoms with E-state index in [4.69, 9.17) is 16.6 Å². The molecule has 0 aliphatic carbocycles. The van der Waals surface area contributed by atoms with E-state index in [0.29, 0.717) is 5.02 Å². The van der Waals surface area contributed by atoms with Crippen LogP contribution in [-0.2, 0) is 0 Å². The molecular formula is C42H30ClN3. The summed E-state index contributed by atoms with van der Waals surface area (Å²) in [7, 11) is 0. The van der Waals surface area contributed by atoms with E-state index >= 15 is 0 Å². The van der Waals surface area contributed by atoms with Crippen molar-refractivity contribution < 1.29 is 0 Å². The molecule has 1 aliphatic heterocycles. The molecule has 1 atom stereocenters. The van der Waals surface area contributed by atoms with Crippen molar-refractivity contribution in [2.45, 2.75) is 6.17 Å². The van der Waals surface area contributed by atoms with Crippen LogP contribution >= 0.6 is 11.6 Å². The lowest BCUT2D eigenvalue weighted by Crippen LogP contribution is -2.23. The Morgan fingerprint density at radius 2 is 0.978 bits per heavy atom. The molecule has 0 radical (unpaired) electrons. The number of halogens is 1. The number of rotatable bonds is 6. The fourth-order valence-electron chi connectivity index (χ4n) is 6.28. The van der Waals surface area contributed by atoms with Gasteiger partial charge in [-0.2, -0.15) is 0 Å². The number of nitrogens with one attached hydrogen (secondary N) is 1. The molecule has 6 aromatic carbocycles. The molecule has 220 valence electrons. The van der Waals surface area contributed by atoms with Gasteiger partial charge in [0.25, 0.3) is 0 Å². The summed E-state index contributed by atoms with van der Waals surface area (Å²) in [5.41, 5.74) is 12.4. The molecule has 3 nitrogen and oxygen atoms in total. The van der Waals surface area contributed by atoms with Gasteiger partial charge in [0.05, 0.1) is 10.7 Å². The van der Waals surface area contributed by atoms with E-state index < -0.39 is 0 Å². The lowest BCUT2D eigenvalue weighted by atomic mass is 9.93. The maximum Gasteiger partial charge on any atom is 0.160 e. The Balaban J connectivity index is 1.22. The number of benzene rings is 6. The first-order chi connectivity index (χ1) is 22.7. The quantitative estimate of drug-likeness (QED) is 0.203. The molecule has 0 saturated carbocycles. The second kappa shape index (κ2) is 12.0. The molecule has 2 heterocycles. The van der Waals surface area contributed by atoms with Crippen molar-refractivity contribution in [1.82, 2.24) is 4.98 Å². The first-order valence-electron chi connectivity index (χ1n) is 15.4. The zero-order valence-corrected chi connectivity index (χ0v) is 25.8. The van der Waals surface area contributed by atoms with Crippen LogP contribution in [0.4, 0.5) is 17.2 Å². The highest BCUT2D eigenvalue weighted by atomic mass is 35.5. The summed E-state index contributed by atoms with van der Waals surface area (Å²) in [6, 6.07) is 57.7. The number of nitrogens with zero attached hydrogens (tertiary/aromatic N) is 2. The maximum atomic E-state index is 6.73. The molecule has 8 rings (SSSR count). The summed E-state index contributed by atoms with van der Waals surface area (Å²) < 4.78 is 0. The van der Waals surface area contributed by atoms with Gasteiger partial charge in [-0.25, -0.2) is 4.98 Å². The highest BCUT2D eigenvalue weighted by Gasteiger charge is 2.34. The minimum Gasteiger partial charge on any atom is -0.357 e. The van der Waals surface area contributed by atoms with Gasteiger partial charge in [-0.1, -0.05) is 139 Å². The summed E-state index contributed by atoms with van der Waals surface area (Å²) in [4.78, 5) is 7.06. The van der Waals surface area contributed by atoms with Crippen LogP contribution in [-0.4, -0.2) is 4.98 Å². The molecule has 1 unspecified atom stereocenters. The Morgan fingerprint density at radius 1 is 0.478 bits per heavy atom. The second-order valence-corrected chi connectivity index (χ2v) is 11.9. The molecular weight excluding hydrogens is 582 g/mol. The Hall–Kier alpha value is -5.64. The van der Waals surface area contributed by atoms with Crippen LogP contribution < -0.4 is 10.2 Å². The van der Waals surface area contributed by atoms with Gasteiger partial charge >= 0.3 is 0 Å². The van der Waals surface area contributed by atoms with Crippen LogP contribution in [0.1, 0.15) is 11.7 Å². The summed E-state index contributed by atoms with van der Waals surface area (Å²) in [5, 5.41) is 4.33. The fraction of sp³-hybridized carbons (Fsp3) is 0.0238. The number of anilines is 3. The Labute approximate surface area is 274 Å². The van der Waals surface area contributed by atoms with Crippen molar-refractivity contribution >= 4 is 28.8 Å². The van der Waals surface area contributed by atoms with Crippen molar-refractivity contribution in [3.8, 4) is 44.5 Å². The van der Waals surface area contributed by atoms with Gasteiger partial charge in [-0.3, -0.25) is 4.90 Å². The summed E-state index contributed by atoms with van der Waals surface area (Å²) in [5.74, 6) is 0.810. The molecule has 1 aromatic heterocycles. The molecule has 7 aromatic rings. The summed E-state index contributed by atoms with van der Waals surface area (Å²) >= 11 is 6.73. The third-order valence-electron chi connectivity index (χ3n) is 8.59. The number of pyridine rings is 1. The van der Waals surface area contributed by atoms with E-state index in [1.165, 1.54) is 33.4 Å². The lowest BCUT2D eigenvalue weighted by Gasteiger charge is -2.27. The minimum absolute atomic E-state index is 0.182. The third-order valence-corrected chi connectivity index (χ3v) is 8.90. The first-order valence-corrected chi connectivity index (χ1v) is 15.8. The summed E-state index contributed by atoms with van der Waals surface area (Å²) in [6.07, 6.45) is 1.59.